The van der Waals surface area contributed by atoms with Gasteiger partial charge in [-0.25, -0.2) is 0 Å². The van der Waals surface area contributed by atoms with Crippen LogP contribution < -0.4 is 5.73 Å². The minimum atomic E-state index is 0.867. The molecule has 4 heteroatoms. The van der Waals surface area contributed by atoms with E-state index in [1.165, 1.54) is 5.56 Å². The van der Waals surface area contributed by atoms with E-state index in [9.17, 15) is 0 Å². The first-order valence-electron chi connectivity index (χ1n) is 5.29. The maximum absolute atomic E-state index is 5.87. The van der Waals surface area contributed by atoms with E-state index in [1.54, 1.807) is 11.3 Å². The maximum atomic E-state index is 5.87. The smallest absolute Gasteiger partial charge is 0.117 e. The van der Waals surface area contributed by atoms with Gasteiger partial charge in [-0.1, -0.05) is 12.1 Å². The monoisotopic (exact) mass is 233 g/mol. The van der Waals surface area contributed by atoms with Crippen LogP contribution in [0.4, 0.5) is 5.69 Å². The van der Waals surface area contributed by atoms with E-state index in [4.69, 9.17) is 5.73 Å². The summed E-state index contributed by atoms with van der Waals surface area (Å²) in [6.07, 6.45) is 1.91. The molecule has 2 aromatic rings. The molecule has 0 unspecified atom stereocenters. The first-order valence-corrected chi connectivity index (χ1v) is 6.11. The molecule has 2 N–H and O–H groups in total. The number of nitrogen functional groups attached to an aromatic ring is 1. The highest BCUT2D eigenvalue weighted by molar-refractivity contribution is 7.11. The van der Waals surface area contributed by atoms with Gasteiger partial charge in [0.05, 0.1) is 0 Å². The molecule has 0 aliphatic rings. The molecule has 1 heterocycles. The molecular formula is C12H15N3S. The predicted molar refractivity (Wildman–Crippen MR) is 67.6 cm³/mol. The molecule has 0 fully saturated rings. The molecule has 1 aromatic heterocycles. The minimum absolute atomic E-state index is 0.867. The molecule has 0 saturated carbocycles. The van der Waals surface area contributed by atoms with Crippen molar-refractivity contribution >= 4 is 17.0 Å². The number of nitrogens with two attached hydrogens (primary N) is 1. The Hall–Kier alpha value is -1.42. The molecule has 0 aliphatic carbocycles. The summed E-state index contributed by atoms with van der Waals surface area (Å²) in [6, 6.07) is 6.23. The molecule has 0 spiro atoms. The zero-order chi connectivity index (χ0) is 11.5. The van der Waals surface area contributed by atoms with Crippen molar-refractivity contribution in [1.29, 1.82) is 0 Å². The van der Waals surface area contributed by atoms with Crippen LogP contribution in [0.3, 0.4) is 0 Å². The average Bonchev–Trinajstić information content (AvgIpc) is 2.66. The van der Waals surface area contributed by atoms with Gasteiger partial charge in [-0.2, -0.15) is 0 Å². The van der Waals surface area contributed by atoms with E-state index in [0.29, 0.717) is 0 Å². The number of benzene rings is 1. The summed E-state index contributed by atoms with van der Waals surface area (Å²) in [5.41, 5.74) is 9.13. The van der Waals surface area contributed by atoms with Gasteiger partial charge in [0.1, 0.15) is 10.0 Å². The number of hydrogen-bond donors (Lipinski definition) is 1. The molecule has 1 aromatic carbocycles. The normalized spacial score (nSPS) is 10.6. The van der Waals surface area contributed by atoms with Crippen molar-refractivity contribution in [1.82, 2.24) is 10.2 Å². The third-order valence-electron chi connectivity index (χ3n) is 2.54. The topological polar surface area (TPSA) is 51.8 Å². The zero-order valence-corrected chi connectivity index (χ0v) is 10.3. The van der Waals surface area contributed by atoms with Gasteiger partial charge in [0.25, 0.3) is 0 Å². The predicted octanol–water partition coefficient (Wildman–Crippen LogP) is 2.52. The lowest BCUT2D eigenvalue weighted by Crippen LogP contribution is -1.95. The van der Waals surface area contributed by atoms with E-state index in [2.05, 4.69) is 22.3 Å². The largest absolute Gasteiger partial charge is 0.399 e. The van der Waals surface area contributed by atoms with Crippen molar-refractivity contribution < 1.29 is 0 Å². The Morgan fingerprint density at radius 3 is 2.62 bits per heavy atom. The van der Waals surface area contributed by atoms with E-state index in [-0.39, 0.29) is 0 Å². The van der Waals surface area contributed by atoms with Gasteiger partial charge >= 0.3 is 0 Å². The summed E-state index contributed by atoms with van der Waals surface area (Å²) < 4.78 is 0. The van der Waals surface area contributed by atoms with Crippen molar-refractivity contribution in [3.05, 3.63) is 39.3 Å². The van der Waals surface area contributed by atoms with Crippen LogP contribution in [0, 0.1) is 13.8 Å². The molecule has 0 amide bonds. The standard InChI is InChI=1S/C12H15N3S/c1-8-3-4-10(7-11(8)13)5-6-12-15-14-9(2)16-12/h3-4,7H,5-6,13H2,1-2H3. The van der Waals surface area contributed by atoms with E-state index < -0.39 is 0 Å². The van der Waals surface area contributed by atoms with Crippen molar-refractivity contribution in [3.63, 3.8) is 0 Å². The van der Waals surface area contributed by atoms with Gasteiger partial charge in [0, 0.05) is 12.1 Å². The third kappa shape index (κ3) is 2.58. The molecule has 84 valence electrons. The van der Waals surface area contributed by atoms with Crippen molar-refractivity contribution in [2.45, 2.75) is 26.7 Å². The van der Waals surface area contributed by atoms with Gasteiger partial charge in [-0.3, -0.25) is 0 Å². The van der Waals surface area contributed by atoms with Gasteiger partial charge < -0.3 is 5.73 Å². The highest BCUT2D eigenvalue weighted by Gasteiger charge is 2.02. The summed E-state index contributed by atoms with van der Waals surface area (Å²) in [4.78, 5) is 0. The van der Waals surface area contributed by atoms with Crippen LogP contribution in [0.1, 0.15) is 21.1 Å². The van der Waals surface area contributed by atoms with E-state index >= 15 is 0 Å². The third-order valence-corrected chi connectivity index (χ3v) is 3.44. The van der Waals surface area contributed by atoms with Crippen molar-refractivity contribution in [2.24, 2.45) is 0 Å². The SMILES string of the molecule is Cc1nnc(CCc2ccc(C)c(N)c2)s1. The first-order chi connectivity index (χ1) is 7.65. The molecular weight excluding hydrogens is 218 g/mol. The zero-order valence-electron chi connectivity index (χ0n) is 9.53. The Labute approximate surface area is 99.3 Å². The summed E-state index contributed by atoms with van der Waals surface area (Å²) in [5, 5.41) is 10.2. The number of aryl methyl sites for hydroxylation is 4. The van der Waals surface area contributed by atoms with Crippen LogP contribution >= 0.6 is 11.3 Å². The highest BCUT2D eigenvalue weighted by atomic mass is 32.1. The number of rotatable bonds is 3. The summed E-state index contributed by atoms with van der Waals surface area (Å²) in [5.74, 6) is 0. The molecule has 16 heavy (non-hydrogen) atoms. The van der Waals surface area contributed by atoms with E-state index in [0.717, 1.165) is 34.1 Å². The Bertz CT molecular complexity index is 491. The Kier molecular flexibility index (Phi) is 3.19. The van der Waals surface area contributed by atoms with Crippen LogP contribution in [0.25, 0.3) is 0 Å². The molecule has 0 atom stereocenters. The lowest BCUT2D eigenvalue weighted by molar-refractivity contribution is 0.898. The fraction of sp³-hybridized carbons (Fsp3) is 0.333. The van der Waals surface area contributed by atoms with Crippen LogP contribution in [-0.2, 0) is 12.8 Å². The second kappa shape index (κ2) is 4.61. The minimum Gasteiger partial charge on any atom is -0.399 e. The number of hydrogen-bond acceptors (Lipinski definition) is 4. The lowest BCUT2D eigenvalue weighted by Gasteiger charge is -2.03. The Balaban J connectivity index is 2.02. The number of anilines is 1. The first kappa shape index (κ1) is 11.1. The molecule has 3 nitrogen and oxygen atoms in total. The summed E-state index contributed by atoms with van der Waals surface area (Å²) in [6.45, 7) is 4.00. The van der Waals surface area contributed by atoms with Gasteiger partial charge in [0.15, 0.2) is 0 Å². The molecule has 0 bridgehead atoms. The molecule has 0 saturated heterocycles. The van der Waals surface area contributed by atoms with E-state index in [1.807, 2.05) is 19.9 Å². The molecule has 0 radical (unpaired) electrons. The van der Waals surface area contributed by atoms with Gasteiger partial charge in [-0.05, 0) is 37.5 Å². The maximum Gasteiger partial charge on any atom is 0.117 e. The fourth-order valence-corrected chi connectivity index (χ4v) is 2.24. The van der Waals surface area contributed by atoms with Crippen molar-refractivity contribution in [2.75, 3.05) is 5.73 Å². The second-order valence-corrected chi connectivity index (χ2v) is 5.17. The Morgan fingerprint density at radius 1 is 1.19 bits per heavy atom. The summed E-state index contributed by atoms with van der Waals surface area (Å²) >= 11 is 1.66. The lowest BCUT2D eigenvalue weighted by atomic mass is 10.1. The van der Waals surface area contributed by atoms with Crippen LogP contribution in [0.15, 0.2) is 18.2 Å². The second-order valence-electron chi connectivity index (χ2n) is 3.91. The van der Waals surface area contributed by atoms with Crippen LogP contribution in [0.5, 0.6) is 0 Å². The van der Waals surface area contributed by atoms with Crippen LogP contribution in [-0.4, -0.2) is 10.2 Å². The average molecular weight is 233 g/mol. The Morgan fingerprint density at radius 2 is 2.00 bits per heavy atom. The molecule has 2 rings (SSSR count). The van der Waals surface area contributed by atoms with Gasteiger partial charge in [-0.15, -0.1) is 21.5 Å². The summed E-state index contributed by atoms with van der Waals surface area (Å²) in [7, 11) is 0. The van der Waals surface area contributed by atoms with Crippen molar-refractivity contribution in [3.8, 4) is 0 Å². The fourth-order valence-electron chi connectivity index (χ4n) is 1.54. The molecule has 0 aliphatic heterocycles. The van der Waals surface area contributed by atoms with Gasteiger partial charge in [0.2, 0.25) is 0 Å². The highest BCUT2D eigenvalue weighted by Crippen LogP contribution is 2.16. The number of aromatic nitrogens is 2. The number of nitrogens with zero attached hydrogens (tertiary/aromatic N) is 2. The quantitative estimate of drug-likeness (QED) is 0.829. The van der Waals surface area contributed by atoms with Crippen LogP contribution in [0.2, 0.25) is 0 Å².